The van der Waals surface area contributed by atoms with Crippen molar-refractivity contribution < 1.29 is 33.3 Å². The van der Waals surface area contributed by atoms with Crippen LogP contribution in [0.1, 0.15) is 29.8 Å². The summed E-state index contributed by atoms with van der Waals surface area (Å²) in [5.41, 5.74) is 2.18. The molecule has 33 heavy (non-hydrogen) atoms. The third kappa shape index (κ3) is 4.59. The average Bonchev–Trinajstić information content (AvgIpc) is 3.08. The van der Waals surface area contributed by atoms with Crippen molar-refractivity contribution in [3.05, 3.63) is 70.4 Å². The summed E-state index contributed by atoms with van der Waals surface area (Å²) >= 11 is 0. The third-order valence-electron chi connectivity index (χ3n) is 5.17. The van der Waals surface area contributed by atoms with Crippen LogP contribution < -0.4 is 14.4 Å². The van der Waals surface area contributed by atoms with Crippen molar-refractivity contribution in [2.24, 2.45) is 0 Å². The first-order chi connectivity index (χ1) is 15.9. The number of esters is 2. The van der Waals surface area contributed by atoms with Crippen LogP contribution in [0.2, 0.25) is 0 Å². The molecule has 0 spiro atoms. The van der Waals surface area contributed by atoms with Gasteiger partial charge in [-0.05, 0) is 56.3 Å². The van der Waals surface area contributed by atoms with Crippen molar-refractivity contribution in [1.82, 2.24) is 0 Å². The Labute approximate surface area is 192 Å². The highest BCUT2D eigenvalue weighted by molar-refractivity contribution is 6.24. The Morgan fingerprint density at radius 1 is 0.970 bits per heavy atom. The highest BCUT2D eigenvalue weighted by Gasteiger charge is 2.38. The summed E-state index contributed by atoms with van der Waals surface area (Å²) in [6, 6.07) is 11.5. The van der Waals surface area contributed by atoms with Crippen molar-refractivity contribution in [3.8, 4) is 11.5 Å². The number of ether oxygens (including phenoxy) is 4. The molecule has 0 N–H and O–H groups in total. The standard InChI is InChI=1S/C25H25NO7/c1-6-33-24(28)16-7-10-18(11-8-16)26-15(2)22(25(29)32-5)20(23(26)27)13-17-9-12-19(30-3)14-21(17)31-4/h7-14H,6H2,1-5H3. The second-order valence-electron chi connectivity index (χ2n) is 7.03. The zero-order valence-electron chi connectivity index (χ0n) is 19.1. The molecule has 0 bridgehead atoms. The second kappa shape index (κ2) is 10.0. The first-order valence-corrected chi connectivity index (χ1v) is 10.2. The summed E-state index contributed by atoms with van der Waals surface area (Å²) in [7, 11) is 4.31. The van der Waals surface area contributed by atoms with Gasteiger partial charge in [0.1, 0.15) is 11.5 Å². The van der Waals surface area contributed by atoms with Crippen LogP contribution in [-0.2, 0) is 19.1 Å². The van der Waals surface area contributed by atoms with E-state index in [1.807, 2.05) is 0 Å². The minimum Gasteiger partial charge on any atom is -0.497 e. The topological polar surface area (TPSA) is 91.4 Å². The van der Waals surface area contributed by atoms with Gasteiger partial charge in [0.05, 0.1) is 44.6 Å². The molecule has 0 unspecified atom stereocenters. The van der Waals surface area contributed by atoms with Crippen LogP contribution in [0.3, 0.4) is 0 Å². The van der Waals surface area contributed by atoms with Gasteiger partial charge < -0.3 is 18.9 Å². The van der Waals surface area contributed by atoms with Crippen LogP contribution in [0.25, 0.3) is 6.08 Å². The molecule has 0 radical (unpaired) electrons. The summed E-state index contributed by atoms with van der Waals surface area (Å²) in [6.45, 7) is 3.65. The fourth-order valence-corrected chi connectivity index (χ4v) is 3.55. The summed E-state index contributed by atoms with van der Waals surface area (Å²) in [5, 5.41) is 0. The van der Waals surface area contributed by atoms with E-state index in [1.54, 1.807) is 69.5 Å². The monoisotopic (exact) mass is 451 g/mol. The number of hydrogen-bond donors (Lipinski definition) is 0. The van der Waals surface area contributed by atoms with Gasteiger partial charge in [-0.3, -0.25) is 9.69 Å². The lowest BCUT2D eigenvalue weighted by atomic mass is 10.0. The first kappa shape index (κ1) is 23.6. The van der Waals surface area contributed by atoms with E-state index in [-0.39, 0.29) is 17.8 Å². The Morgan fingerprint density at radius 3 is 2.24 bits per heavy atom. The Bertz CT molecular complexity index is 1150. The summed E-state index contributed by atoms with van der Waals surface area (Å²) < 4.78 is 20.6. The Morgan fingerprint density at radius 2 is 1.67 bits per heavy atom. The van der Waals surface area contributed by atoms with Crippen molar-refractivity contribution in [3.63, 3.8) is 0 Å². The number of amides is 1. The first-order valence-electron chi connectivity index (χ1n) is 10.2. The smallest absolute Gasteiger partial charge is 0.340 e. The van der Waals surface area contributed by atoms with Gasteiger partial charge in [-0.25, -0.2) is 9.59 Å². The van der Waals surface area contributed by atoms with Crippen molar-refractivity contribution >= 4 is 29.6 Å². The van der Waals surface area contributed by atoms with Crippen LogP contribution >= 0.6 is 0 Å². The molecule has 0 aromatic heterocycles. The van der Waals surface area contributed by atoms with E-state index in [0.29, 0.717) is 34.0 Å². The minimum absolute atomic E-state index is 0.148. The molecule has 0 saturated heterocycles. The number of methoxy groups -OCH3 is 3. The number of benzene rings is 2. The average molecular weight is 451 g/mol. The maximum absolute atomic E-state index is 13.4. The van der Waals surface area contributed by atoms with Crippen LogP contribution in [-0.4, -0.2) is 45.8 Å². The zero-order valence-corrected chi connectivity index (χ0v) is 19.1. The maximum atomic E-state index is 13.4. The quantitative estimate of drug-likeness (QED) is 0.468. The molecule has 8 nitrogen and oxygen atoms in total. The molecule has 0 aliphatic carbocycles. The molecule has 0 fully saturated rings. The number of rotatable bonds is 7. The lowest BCUT2D eigenvalue weighted by Gasteiger charge is -2.18. The van der Waals surface area contributed by atoms with Gasteiger partial charge >= 0.3 is 11.9 Å². The number of carbonyl (C=O) groups excluding carboxylic acids is 3. The van der Waals surface area contributed by atoms with Crippen molar-refractivity contribution in [2.75, 3.05) is 32.8 Å². The van der Waals surface area contributed by atoms with E-state index in [0.717, 1.165) is 0 Å². The number of carbonyl (C=O) groups is 3. The molecule has 0 saturated carbocycles. The molecule has 0 atom stereocenters. The molecule has 1 amide bonds. The van der Waals surface area contributed by atoms with Gasteiger partial charge in [0.15, 0.2) is 0 Å². The molecule has 1 aliphatic rings. The predicted molar refractivity (Wildman–Crippen MR) is 122 cm³/mol. The number of nitrogens with zero attached hydrogens (tertiary/aromatic N) is 1. The molecule has 2 aromatic carbocycles. The van der Waals surface area contributed by atoms with Crippen LogP contribution in [0.5, 0.6) is 11.5 Å². The lowest BCUT2D eigenvalue weighted by molar-refractivity contribution is -0.136. The lowest BCUT2D eigenvalue weighted by Crippen LogP contribution is -2.24. The predicted octanol–water partition coefficient (Wildman–Crippen LogP) is 3.76. The van der Waals surface area contributed by atoms with Gasteiger partial charge in [-0.2, -0.15) is 0 Å². The van der Waals surface area contributed by atoms with Crippen molar-refractivity contribution in [2.45, 2.75) is 13.8 Å². The summed E-state index contributed by atoms with van der Waals surface area (Å²) in [6.07, 6.45) is 1.59. The van der Waals surface area contributed by atoms with Gasteiger partial charge in [-0.1, -0.05) is 0 Å². The van der Waals surface area contributed by atoms with E-state index < -0.39 is 17.8 Å². The molecule has 8 heteroatoms. The van der Waals surface area contributed by atoms with E-state index in [4.69, 9.17) is 18.9 Å². The van der Waals surface area contributed by atoms with Crippen LogP contribution in [0.15, 0.2) is 59.3 Å². The molecule has 1 heterocycles. The maximum Gasteiger partial charge on any atom is 0.340 e. The largest absolute Gasteiger partial charge is 0.497 e. The highest BCUT2D eigenvalue weighted by atomic mass is 16.5. The van der Waals surface area contributed by atoms with E-state index in [1.165, 1.54) is 19.1 Å². The Kier molecular flexibility index (Phi) is 7.17. The molecule has 172 valence electrons. The molecule has 3 rings (SSSR count). The van der Waals surface area contributed by atoms with Gasteiger partial charge in [0.2, 0.25) is 0 Å². The van der Waals surface area contributed by atoms with Crippen LogP contribution in [0.4, 0.5) is 5.69 Å². The fraction of sp³-hybridized carbons (Fsp3) is 0.240. The Balaban J connectivity index is 2.07. The second-order valence-corrected chi connectivity index (χ2v) is 7.03. The minimum atomic E-state index is -0.634. The number of anilines is 1. The third-order valence-corrected chi connectivity index (χ3v) is 5.17. The zero-order chi connectivity index (χ0) is 24.1. The summed E-state index contributed by atoms with van der Waals surface area (Å²) in [4.78, 5) is 39.4. The molecule has 2 aromatic rings. The summed E-state index contributed by atoms with van der Waals surface area (Å²) in [5.74, 6) is -0.421. The molecule has 1 aliphatic heterocycles. The Hall–Kier alpha value is -4.07. The normalized spacial score (nSPS) is 14.5. The van der Waals surface area contributed by atoms with Gasteiger partial charge in [0, 0.05) is 23.0 Å². The SMILES string of the molecule is CCOC(=O)c1ccc(N2C(=O)C(=Cc3ccc(OC)cc3OC)C(C(=O)OC)=C2C)cc1. The fourth-order valence-electron chi connectivity index (χ4n) is 3.55. The van der Waals surface area contributed by atoms with E-state index in [9.17, 15) is 14.4 Å². The highest BCUT2D eigenvalue weighted by Crippen LogP contribution is 2.37. The number of hydrogen-bond acceptors (Lipinski definition) is 7. The van der Waals surface area contributed by atoms with Crippen LogP contribution in [0, 0.1) is 0 Å². The van der Waals surface area contributed by atoms with Crippen molar-refractivity contribution in [1.29, 1.82) is 0 Å². The molecular formula is C25H25NO7. The number of allylic oxidation sites excluding steroid dienone is 1. The molecular weight excluding hydrogens is 426 g/mol. The van der Waals surface area contributed by atoms with Gasteiger partial charge in [0.25, 0.3) is 5.91 Å². The van der Waals surface area contributed by atoms with Gasteiger partial charge in [-0.15, -0.1) is 0 Å². The van der Waals surface area contributed by atoms with E-state index >= 15 is 0 Å². The van der Waals surface area contributed by atoms with E-state index in [2.05, 4.69) is 0 Å².